The number of pyridine rings is 1. The van der Waals surface area contributed by atoms with Gasteiger partial charge in [-0.3, -0.25) is 10.1 Å². The third-order valence-corrected chi connectivity index (χ3v) is 4.82. The normalized spacial score (nSPS) is 15.8. The van der Waals surface area contributed by atoms with Gasteiger partial charge in [0.15, 0.2) is 0 Å². The first kappa shape index (κ1) is 14.7. The van der Waals surface area contributed by atoms with Gasteiger partial charge >= 0.3 is 5.69 Å². The van der Waals surface area contributed by atoms with Gasteiger partial charge in [0.2, 0.25) is 5.82 Å². The lowest BCUT2D eigenvalue weighted by Crippen LogP contribution is -2.33. The molecule has 2 aromatic heterocycles. The van der Waals surface area contributed by atoms with E-state index in [9.17, 15) is 10.1 Å². The van der Waals surface area contributed by atoms with E-state index in [0.29, 0.717) is 11.7 Å². The molecule has 0 spiro atoms. The van der Waals surface area contributed by atoms with Crippen molar-refractivity contribution in [2.24, 2.45) is 0 Å². The minimum absolute atomic E-state index is 0.0862. The molecule has 3 aromatic rings. The number of hydrogen-bond donors (Lipinski definition) is 1. The van der Waals surface area contributed by atoms with Crippen molar-refractivity contribution < 1.29 is 4.92 Å². The maximum absolute atomic E-state index is 11.2. The van der Waals surface area contributed by atoms with Crippen LogP contribution in [-0.2, 0) is 0 Å². The van der Waals surface area contributed by atoms with Crippen LogP contribution in [0.3, 0.4) is 0 Å². The van der Waals surface area contributed by atoms with Crippen LogP contribution >= 0.6 is 0 Å². The van der Waals surface area contributed by atoms with Crippen molar-refractivity contribution in [3.05, 3.63) is 64.5 Å². The van der Waals surface area contributed by atoms with E-state index in [2.05, 4.69) is 34.4 Å². The molecule has 4 rings (SSSR count). The molecule has 3 heterocycles. The molecule has 0 aliphatic carbocycles. The smallest absolute Gasteiger partial charge is 0.311 e. The van der Waals surface area contributed by atoms with E-state index in [0.717, 1.165) is 31.4 Å². The highest BCUT2D eigenvalue weighted by molar-refractivity contribution is 5.83. The Kier molecular flexibility index (Phi) is 3.65. The molecular formula is C18H18N4O2. The van der Waals surface area contributed by atoms with Crippen LogP contribution in [0.1, 0.15) is 24.3 Å². The molecule has 0 atom stereocenters. The molecule has 1 saturated heterocycles. The number of rotatable bonds is 3. The van der Waals surface area contributed by atoms with Crippen LogP contribution in [0.2, 0.25) is 0 Å². The lowest BCUT2D eigenvalue weighted by molar-refractivity contribution is -0.384. The summed E-state index contributed by atoms with van der Waals surface area (Å²) in [5.74, 6) is 0.958. The Hall–Kier alpha value is -2.89. The van der Waals surface area contributed by atoms with Crippen molar-refractivity contribution in [2.75, 3.05) is 18.0 Å². The number of hydrogen-bond acceptors (Lipinski definition) is 4. The van der Waals surface area contributed by atoms with E-state index < -0.39 is 0 Å². The third kappa shape index (κ3) is 2.50. The van der Waals surface area contributed by atoms with Gasteiger partial charge in [0.05, 0.1) is 4.92 Å². The summed E-state index contributed by atoms with van der Waals surface area (Å²) in [6, 6.07) is 11.5. The summed E-state index contributed by atoms with van der Waals surface area (Å²) >= 11 is 0. The fraction of sp³-hybridized carbons (Fsp3) is 0.278. The number of aromatic amines is 1. The Morgan fingerprint density at radius 2 is 1.96 bits per heavy atom. The molecule has 0 radical (unpaired) electrons. The zero-order valence-corrected chi connectivity index (χ0v) is 13.2. The van der Waals surface area contributed by atoms with Crippen LogP contribution in [0.5, 0.6) is 0 Å². The number of benzene rings is 1. The van der Waals surface area contributed by atoms with Crippen molar-refractivity contribution in [1.82, 2.24) is 9.97 Å². The number of nitrogens with zero attached hydrogens (tertiary/aromatic N) is 3. The monoisotopic (exact) mass is 322 g/mol. The van der Waals surface area contributed by atoms with Gasteiger partial charge in [-0.25, -0.2) is 4.98 Å². The molecule has 0 bridgehead atoms. The summed E-state index contributed by atoms with van der Waals surface area (Å²) in [7, 11) is 0. The van der Waals surface area contributed by atoms with Crippen molar-refractivity contribution in [3.8, 4) is 0 Å². The van der Waals surface area contributed by atoms with Gasteiger partial charge in [0.1, 0.15) is 0 Å². The van der Waals surface area contributed by atoms with Gasteiger partial charge in [0, 0.05) is 42.5 Å². The molecule has 6 heteroatoms. The zero-order chi connectivity index (χ0) is 16.5. The highest BCUT2D eigenvalue weighted by atomic mass is 16.6. The van der Waals surface area contributed by atoms with Crippen molar-refractivity contribution in [3.63, 3.8) is 0 Å². The second kappa shape index (κ2) is 5.96. The maximum atomic E-state index is 11.2. The molecule has 6 nitrogen and oxygen atoms in total. The summed E-state index contributed by atoms with van der Waals surface area (Å²) in [6.07, 6.45) is 5.66. The summed E-state index contributed by atoms with van der Waals surface area (Å²) in [4.78, 5) is 20.5. The number of anilines is 1. The van der Waals surface area contributed by atoms with E-state index in [4.69, 9.17) is 0 Å². The fourth-order valence-electron chi connectivity index (χ4n) is 3.61. The molecular weight excluding hydrogens is 304 g/mol. The Labute approximate surface area is 139 Å². The third-order valence-electron chi connectivity index (χ3n) is 4.82. The number of para-hydroxylation sites is 1. The first-order valence-electron chi connectivity index (χ1n) is 8.14. The van der Waals surface area contributed by atoms with Crippen molar-refractivity contribution >= 4 is 22.4 Å². The average molecular weight is 322 g/mol. The van der Waals surface area contributed by atoms with Crippen molar-refractivity contribution in [2.45, 2.75) is 18.8 Å². The number of nitrogens with one attached hydrogen (secondary N) is 1. The van der Waals surface area contributed by atoms with Crippen LogP contribution < -0.4 is 4.90 Å². The second-order valence-electron chi connectivity index (χ2n) is 6.15. The Morgan fingerprint density at radius 1 is 1.17 bits per heavy atom. The summed E-state index contributed by atoms with van der Waals surface area (Å²) in [5.41, 5.74) is 2.60. The highest BCUT2D eigenvalue weighted by Crippen LogP contribution is 2.35. The molecule has 1 aliphatic rings. The Morgan fingerprint density at radius 3 is 2.75 bits per heavy atom. The predicted octanol–water partition coefficient (Wildman–Crippen LogP) is 3.86. The van der Waals surface area contributed by atoms with Gasteiger partial charge in [-0.15, -0.1) is 0 Å². The minimum atomic E-state index is -0.353. The largest absolute Gasteiger partial charge is 0.361 e. The Bertz CT molecular complexity index is 881. The SMILES string of the molecule is O=[N+]([O-])c1cccnc1N1CCC(c2c[nH]c3ccccc23)CC1. The van der Waals surface area contributed by atoms with Gasteiger partial charge in [-0.2, -0.15) is 0 Å². The topological polar surface area (TPSA) is 75.1 Å². The minimum Gasteiger partial charge on any atom is -0.361 e. The molecule has 1 N–H and O–H groups in total. The maximum Gasteiger partial charge on any atom is 0.311 e. The number of H-pyrrole nitrogens is 1. The van der Waals surface area contributed by atoms with E-state index in [1.165, 1.54) is 17.0 Å². The first-order chi connectivity index (χ1) is 11.7. The summed E-state index contributed by atoms with van der Waals surface area (Å²) < 4.78 is 0. The molecule has 24 heavy (non-hydrogen) atoms. The van der Waals surface area contributed by atoms with Gasteiger partial charge in [-0.1, -0.05) is 18.2 Å². The number of piperidine rings is 1. The lowest BCUT2D eigenvalue weighted by Gasteiger charge is -2.32. The van der Waals surface area contributed by atoms with Crippen LogP contribution in [0.4, 0.5) is 11.5 Å². The quantitative estimate of drug-likeness (QED) is 0.587. The Balaban J connectivity index is 1.54. The van der Waals surface area contributed by atoms with Crippen LogP contribution in [0.25, 0.3) is 10.9 Å². The van der Waals surface area contributed by atoms with Gasteiger partial charge in [0.25, 0.3) is 0 Å². The predicted molar refractivity (Wildman–Crippen MR) is 93.4 cm³/mol. The zero-order valence-electron chi connectivity index (χ0n) is 13.2. The molecule has 122 valence electrons. The molecule has 1 aliphatic heterocycles. The van der Waals surface area contributed by atoms with E-state index >= 15 is 0 Å². The summed E-state index contributed by atoms with van der Waals surface area (Å²) in [5, 5.41) is 12.5. The summed E-state index contributed by atoms with van der Waals surface area (Å²) in [6.45, 7) is 1.56. The molecule has 0 saturated carbocycles. The molecule has 1 aromatic carbocycles. The highest BCUT2D eigenvalue weighted by Gasteiger charge is 2.27. The van der Waals surface area contributed by atoms with Gasteiger partial charge in [-0.05, 0) is 36.5 Å². The van der Waals surface area contributed by atoms with Gasteiger partial charge < -0.3 is 9.88 Å². The number of fused-ring (bicyclic) bond motifs is 1. The molecule has 1 fully saturated rings. The molecule has 0 unspecified atom stereocenters. The van der Waals surface area contributed by atoms with Crippen LogP contribution in [0, 0.1) is 10.1 Å². The number of nitro groups is 1. The van der Waals surface area contributed by atoms with E-state index in [-0.39, 0.29) is 10.6 Å². The fourth-order valence-corrected chi connectivity index (χ4v) is 3.61. The standard InChI is InChI=1S/C18H18N4O2/c23-22(24)17-6-3-9-19-18(17)21-10-7-13(8-11-21)15-12-20-16-5-2-1-4-14(15)16/h1-6,9,12-13,20H,7-8,10-11H2. The second-order valence-corrected chi connectivity index (χ2v) is 6.15. The molecule has 0 amide bonds. The van der Waals surface area contributed by atoms with E-state index in [1.807, 2.05) is 11.0 Å². The van der Waals surface area contributed by atoms with Crippen molar-refractivity contribution in [1.29, 1.82) is 0 Å². The van der Waals surface area contributed by atoms with Crippen LogP contribution in [-0.4, -0.2) is 28.0 Å². The van der Waals surface area contributed by atoms with Crippen LogP contribution in [0.15, 0.2) is 48.8 Å². The lowest BCUT2D eigenvalue weighted by atomic mass is 9.89. The number of aromatic nitrogens is 2. The average Bonchev–Trinajstić information content (AvgIpc) is 3.06. The first-order valence-corrected chi connectivity index (χ1v) is 8.14. The van der Waals surface area contributed by atoms with E-state index in [1.54, 1.807) is 12.3 Å².